The smallest absolute Gasteiger partial charge is 0.417 e. The molecule has 144 valence electrons. The van der Waals surface area contributed by atoms with E-state index in [0.29, 0.717) is 28.2 Å². The monoisotopic (exact) mass is 388 g/mol. The lowest BCUT2D eigenvalue weighted by atomic mass is 9.88. The molecule has 0 fully saturated rings. The van der Waals surface area contributed by atoms with Crippen LogP contribution in [0.25, 0.3) is 11.3 Å². The van der Waals surface area contributed by atoms with Gasteiger partial charge in [-0.05, 0) is 48.9 Å². The lowest BCUT2D eigenvalue weighted by Crippen LogP contribution is -2.29. The lowest BCUT2D eigenvalue weighted by molar-refractivity contribution is -0.124. The quantitative estimate of drug-likeness (QED) is 0.696. The van der Waals surface area contributed by atoms with Crippen molar-refractivity contribution in [1.29, 1.82) is 5.26 Å². The summed E-state index contributed by atoms with van der Waals surface area (Å²) in [5.41, 5.74) is 1.69. The van der Waals surface area contributed by atoms with Gasteiger partial charge in [-0.1, -0.05) is 12.1 Å². The molecule has 8 heteroatoms. The van der Waals surface area contributed by atoms with E-state index in [9.17, 15) is 20.0 Å². The molecular formula is C21H16N4O4. The number of pyridine rings is 1. The third-order valence-corrected chi connectivity index (χ3v) is 4.94. The van der Waals surface area contributed by atoms with E-state index in [1.54, 1.807) is 42.6 Å². The molecule has 0 saturated carbocycles. The number of amides is 1. The molecule has 3 aromatic rings. The molecule has 2 aromatic heterocycles. The number of carbonyl (C=O) groups excluding carboxylic acids is 1. The largest absolute Gasteiger partial charge is 0.464 e. The van der Waals surface area contributed by atoms with Crippen molar-refractivity contribution in [2.24, 2.45) is 0 Å². The molecule has 0 spiro atoms. The average molecular weight is 388 g/mol. The zero-order valence-electron chi connectivity index (χ0n) is 15.4. The summed E-state index contributed by atoms with van der Waals surface area (Å²) in [7, 11) is 0. The van der Waals surface area contributed by atoms with Crippen LogP contribution in [0.1, 0.15) is 23.9 Å². The minimum absolute atomic E-state index is 0.0134. The maximum absolute atomic E-state index is 12.1. The number of nitriles is 1. The first kappa shape index (κ1) is 18.4. The second kappa shape index (κ2) is 6.89. The van der Waals surface area contributed by atoms with E-state index in [-0.39, 0.29) is 18.2 Å². The van der Waals surface area contributed by atoms with E-state index in [4.69, 9.17) is 4.74 Å². The first-order valence-corrected chi connectivity index (χ1v) is 8.79. The summed E-state index contributed by atoms with van der Waals surface area (Å²) in [5.74, 6) is -0.292. The van der Waals surface area contributed by atoms with Crippen LogP contribution >= 0.6 is 0 Å². The van der Waals surface area contributed by atoms with Crippen LogP contribution in [0.5, 0.6) is 0 Å². The highest BCUT2D eigenvalue weighted by atomic mass is 16.5. The molecule has 1 aliphatic heterocycles. The van der Waals surface area contributed by atoms with Crippen molar-refractivity contribution < 1.29 is 19.4 Å². The highest BCUT2D eigenvalue weighted by molar-refractivity contribution is 5.94. The summed E-state index contributed by atoms with van der Waals surface area (Å²) in [6.45, 7) is 1.66. The summed E-state index contributed by atoms with van der Waals surface area (Å²) in [5, 5.41) is 21.6. The van der Waals surface area contributed by atoms with Gasteiger partial charge in [0.05, 0.1) is 11.4 Å². The van der Waals surface area contributed by atoms with Crippen molar-refractivity contribution >= 4 is 17.7 Å². The maximum atomic E-state index is 12.1. The molecular weight excluding hydrogens is 372 g/mol. The number of rotatable bonds is 2. The molecule has 0 bridgehead atoms. The van der Waals surface area contributed by atoms with Crippen molar-refractivity contribution in [3.05, 3.63) is 71.7 Å². The topological polar surface area (TPSA) is 117 Å². The first-order chi connectivity index (χ1) is 13.9. The molecule has 4 rings (SSSR count). The second-order valence-electron chi connectivity index (χ2n) is 6.68. The predicted octanol–water partition coefficient (Wildman–Crippen LogP) is 3.18. The number of nitrogens with one attached hydrogen (secondary N) is 1. The zero-order valence-corrected chi connectivity index (χ0v) is 15.4. The fraction of sp³-hybridized carbons (Fsp3) is 0.143. The van der Waals surface area contributed by atoms with E-state index >= 15 is 0 Å². The van der Waals surface area contributed by atoms with Gasteiger partial charge in [-0.2, -0.15) is 5.26 Å². The van der Waals surface area contributed by atoms with Gasteiger partial charge in [-0.25, -0.2) is 9.36 Å². The number of hydrogen-bond donors (Lipinski definition) is 2. The summed E-state index contributed by atoms with van der Waals surface area (Å²) in [4.78, 5) is 28.2. The SMILES string of the molecule is CC1(c2ccccn2)OCC(=O)Nc2ccc(-c3ccc(C#N)n3C(=O)O)cc21. The van der Waals surface area contributed by atoms with Crippen molar-refractivity contribution in [3.63, 3.8) is 0 Å². The van der Waals surface area contributed by atoms with Gasteiger partial charge in [0.2, 0.25) is 5.91 Å². The molecule has 0 radical (unpaired) electrons. The Bertz CT molecular complexity index is 1160. The van der Waals surface area contributed by atoms with Crippen LogP contribution in [0, 0.1) is 11.3 Å². The Morgan fingerprint density at radius 1 is 1.31 bits per heavy atom. The number of benzene rings is 1. The van der Waals surface area contributed by atoms with E-state index in [2.05, 4.69) is 10.3 Å². The van der Waals surface area contributed by atoms with Crippen molar-refractivity contribution in [1.82, 2.24) is 9.55 Å². The Morgan fingerprint density at radius 3 is 2.83 bits per heavy atom. The number of nitrogens with zero attached hydrogens (tertiary/aromatic N) is 3. The van der Waals surface area contributed by atoms with Gasteiger partial charge >= 0.3 is 6.09 Å². The Kier molecular flexibility index (Phi) is 4.37. The van der Waals surface area contributed by atoms with E-state index < -0.39 is 11.7 Å². The van der Waals surface area contributed by atoms with Crippen LogP contribution in [0.2, 0.25) is 0 Å². The highest BCUT2D eigenvalue weighted by Crippen LogP contribution is 2.40. The summed E-state index contributed by atoms with van der Waals surface area (Å²) in [6, 6.07) is 15.5. The van der Waals surface area contributed by atoms with Gasteiger partial charge in [0.25, 0.3) is 0 Å². The molecule has 1 aliphatic rings. The number of aromatic nitrogens is 2. The van der Waals surface area contributed by atoms with E-state index in [1.165, 1.54) is 6.07 Å². The molecule has 1 unspecified atom stereocenters. The molecule has 2 N–H and O–H groups in total. The fourth-order valence-electron chi connectivity index (χ4n) is 3.49. The minimum Gasteiger partial charge on any atom is -0.464 e. The van der Waals surface area contributed by atoms with Gasteiger partial charge in [-0.15, -0.1) is 0 Å². The molecule has 3 heterocycles. The Labute approximate surface area is 166 Å². The summed E-state index contributed by atoms with van der Waals surface area (Å²) in [6.07, 6.45) is 0.385. The summed E-state index contributed by atoms with van der Waals surface area (Å²) >= 11 is 0. The van der Waals surface area contributed by atoms with Crippen LogP contribution in [-0.2, 0) is 15.1 Å². The van der Waals surface area contributed by atoms with Gasteiger partial charge in [-0.3, -0.25) is 9.78 Å². The van der Waals surface area contributed by atoms with Gasteiger partial charge in [0.15, 0.2) is 0 Å². The van der Waals surface area contributed by atoms with Gasteiger partial charge in [0, 0.05) is 17.4 Å². The maximum Gasteiger partial charge on any atom is 0.417 e. The normalized spacial score (nSPS) is 18.3. The van der Waals surface area contributed by atoms with Gasteiger partial charge in [0.1, 0.15) is 24.0 Å². The Hall–Kier alpha value is -3.96. The van der Waals surface area contributed by atoms with Crippen LogP contribution in [0.4, 0.5) is 10.5 Å². The first-order valence-electron chi connectivity index (χ1n) is 8.79. The Balaban J connectivity index is 1.94. The molecule has 0 saturated heterocycles. The predicted molar refractivity (Wildman–Crippen MR) is 103 cm³/mol. The molecule has 1 aromatic carbocycles. The standard InChI is InChI=1S/C21H16N4O4/c1-21(18-4-2-3-9-23-18)15-10-13(5-7-16(15)24-19(26)12-29-21)17-8-6-14(11-22)25(17)20(27)28/h2-10H,12H2,1H3,(H,24,26)(H,27,28). The number of ether oxygens (including phenoxy) is 1. The molecule has 1 amide bonds. The van der Waals surface area contributed by atoms with Crippen molar-refractivity contribution in [2.45, 2.75) is 12.5 Å². The molecule has 0 aliphatic carbocycles. The van der Waals surface area contributed by atoms with Crippen LogP contribution in [0.3, 0.4) is 0 Å². The van der Waals surface area contributed by atoms with Crippen molar-refractivity contribution in [2.75, 3.05) is 11.9 Å². The average Bonchev–Trinajstić information content (AvgIpc) is 3.12. The van der Waals surface area contributed by atoms with Crippen LogP contribution in [0.15, 0.2) is 54.7 Å². The highest BCUT2D eigenvalue weighted by Gasteiger charge is 2.37. The third kappa shape index (κ3) is 3.03. The molecule has 29 heavy (non-hydrogen) atoms. The summed E-state index contributed by atoms with van der Waals surface area (Å²) < 4.78 is 6.89. The minimum atomic E-state index is -1.26. The number of anilines is 1. The lowest BCUT2D eigenvalue weighted by Gasteiger charge is -2.29. The van der Waals surface area contributed by atoms with Crippen molar-refractivity contribution in [3.8, 4) is 17.3 Å². The van der Waals surface area contributed by atoms with Crippen LogP contribution in [-0.4, -0.2) is 33.3 Å². The van der Waals surface area contributed by atoms with E-state index in [1.807, 2.05) is 19.1 Å². The number of carboxylic acid groups (broad SMARTS) is 1. The fourth-order valence-corrected chi connectivity index (χ4v) is 3.49. The van der Waals surface area contributed by atoms with Crippen LogP contribution < -0.4 is 5.32 Å². The molecule has 1 atom stereocenters. The number of carbonyl (C=O) groups is 2. The molecule has 8 nitrogen and oxygen atoms in total. The van der Waals surface area contributed by atoms with E-state index in [0.717, 1.165) is 4.57 Å². The number of hydrogen-bond acceptors (Lipinski definition) is 5. The third-order valence-electron chi connectivity index (χ3n) is 4.94. The Morgan fingerprint density at radius 2 is 2.14 bits per heavy atom. The van der Waals surface area contributed by atoms with Gasteiger partial charge < -0.3 is 15.2 Å². The number of fused-ring (bicyclic) bond motifs is 1. The zero-order chi connectivity index (χ0) is 20.6. The second-order valence-corrected chi connectivity index (χ2v) is 6.68.